The van der Waals surface area contributed by atoms with Crippen LogP contribution in [0.4, 0.5) is 0 Å². The van der Waals surface area contributed by atoms with Gasteiger partial charge in [-0.3, -0.25) is 4.90 Å². The lowest BCUT2D eigenvalue weighted by atomic mass is 10.0. The summed E-state index contributed by atoms with van der Waals surface area (Å²) in [7, 11) is 0. The number of halogens is 1. The highest BCUT2D eigenvalue weighted by molar-refractivity contribution is 14.0. The molecular weight excluding hydrogens is 467 g/mol. The minimum Gasteiger partial charge on any atom is -0.379 e. The van der Waals surface area contributed by atoms with Gasteiger partial charge in [0.1, 0.15) is 0 Å². The first kappa shape index (κ1) is 23.4. The predicted octanol–water partition coefficient (Wildman–Crippen LogP) is 2.76. The van der Waals surface area contributed by atoms with Gasteiger partial charge in [0.15, 0.2) is 5.96 Å². The van der Waals surface area contributed by atoms with Crippen molar-refractivity contribution in [3.8, 4) is 0 Å². The second-order valence-electron chi connectivity index (χ2n) is 7.61. The third kappa shape index (κ3) is 7.17. The van der Waals surface area contributed by atoms with Gasteiger partial charge in [0.2, 0.25) is 0 Å². The average molecular weight is 502 g/mol. The zero-order chi connectivity index (χ0) is 19.0. The molecule has 3 rings (SSSR count). The number of ether oxygens (including phenoxy) is 2. The quantitative estimate of drug-likeness (QED) is 0.341. The monoisotopic (exact) mass is 502 g/mol. The van der Waals surface area contributed by atoms with E-state index in [9.17, 15) is 0 Å². The van der Waals surface area contributed by atoms with Crippen molar-refractivity contribution < 1.29 is 9.47 Å². The van der Waals surface area contributed by atoms with Crippen LogP contribution in [0.2, 0.25) is 0 Å². The average Bonchev–Trinajstić information content (AvgIpc) is 3.13. The SMILES string of the molecule is CCNC(=NCc1ccccc1CN1CCOCC1)NCC1(C)CCCO1.I. The van der Waals surface area contributed by atoms with Gasteiger partial charge in [0.25, 0.3) is 0 Å². The Kier molecular flexibility index (Phi) is 9.98. The van der Waals surface area contributed by atoms with Gasteiger partial charge in [-0.05, 0) is 37.8 Å². The Balaban J connectivity index is 0.00000280. The number of guanidine groups is 1. The summed E-state index contributed by atoms with van der Waals surface area (Å²) in [5.74, 6) is 0.857. The molecule has 0 amide bonds. The molecule has 1 unspecified atom stereocenters. The van der Waals surface area contributed by atoms with Crippen molar-refractivity contribution in [2.24, 2.45) is 4.99 Å². The standard InChI is InChI=1S/C21H34N4O2.HI/c1-3-22-20(24-17-21(2)9-6-12-27-21)23-15-18-7-4-5-8-19(18)16-25-10-13-26-14-11-25;/h4-5,7-8H,3,6,9-17H2,1-2H3,(H2,22,23,24);1H. The molecule has 2 saturated heterocycles. The first-order valence-electron chi connectivity index (χ1n) is 10.2. The molecule has 28 heavy (non-hydrogen) atoms. The van der Waals surface area contributed by atoms with Crippen LogP contribution in [-0.4, -0.2) is 62.5 Å². The van der Waals surface area contributed by atoms with E-state index in [1.807, 2.05) is 0 Å². The number of benzene rings is 1. The number of morpholine rings is 1. The van der Waals surface area contributed by atoms with E-state index in [-0.39, 0.29) is 29.6 Å². The van der Waals surface area contributed by atoms with E-state index < -0.39 is 0 Å². The molecule has 2 fully saturated rings. The first-order chi connectivity index (χ1) is 13.2. The lowest BCUT2D eigenvalue weighted by Crippen LogP contribution is -2.45. The van der Waals surface area contributed by atoms with Crippen LogP contribution in [0, 0.1) is 0 Å². The highest BCUT2D eigenvalue weighted by Crippen LogP contribution is 2.23. The summed E-state index contributed by atoms with van der Waals surface area (Å²) >= 11 is 0. The molecule has 1 atom stereocenters. The Bertz CT molecular complexity index is 614. The van der Waals surface area contributed by atoms with Crippen LogP contribution in [0.15, 0.2) is 29.3 Å². The summed E-state index contributed by atoms with van der Waals surface area (Å²) in [6.07, 6.45) is 2.24. The maximum absolute atomic E-state index is 5.87. The van der Waals surface area contributed by atoms with Gasteiger partial charge in [-0.25, -0.2) is 4.99 Å². The molecule has 1 aromatic carbocycles. The van der Waals surface area contributed by atoms with Crippen molar-refractivity contribution in [2.45, 2.75) is 45.4 Å². The van der Waals surface area contributed by atoms with Crippen molar-refractivity contribution in [3.05, 3.63) is 35.4 Å². The first-order valence-corrected chi connectivity index (χ1v) is 10.2. The van der Waals surface area contributed by atoms with Crippen molar-refractivity contribution in [1.82, 2.24) is 15.5 Å². The summed E-state index contributed by atoms with van der Waals surface area (Å²) in [4.78, 5) is 7.28. The lowest BCUT2D eigenvalue weighted by molar-refractivity contribution is 0.0242. The Hall–Kier alpha value is -0.900. The summed E-state index contributed by atoms with van der Waals surface area (Å²) in [6.45, 7) is 12.1. The molecule has 0 bridgehead atoms. The van der Waals surface area contributed by atoms with Gasteiger partial charge in [-0.2, -0.15) is 0 Å². The second kappa shape index (κ2) is 11.9. The van der Waals surface area contributed by atoms with Crippen molar-refractivity contribution in [1.29, 1.82) is 0 Å². The molecule has 158 valence electrons. The van der Waals surface area contributed by atoms with E-state index in [4.69, 9.17) is 14.5 Å². The molecule has 2 aliphatic rings. The molecule has 0 spiro atoms. The Labute approximate surface area is 186 Å². The summed E-state index contributed by atoms with van der Waals surface area (Å²) in [6, 6.07) is 8.62. The zero-order valence-corrected chi connectivity index (χ0v) is 19.5. The molecule has 1 aromatic rings. The molecule has 2 N–H and O–H groups in total. The highest BCUT2D eigenvalue weighted by Gasteiger charge is 2.29. The van der Waals surface area contributed by atoms with Crippen molar-refractivity contribution >= 4 is 29.9 Å². The highest BCUT2D eigenvalue weighted by atomic mass is 127. The lowest BCUT2D eigenvalue weighted by Gasteiger charge is -2.27. The maximum Gasteiger partial charge on any atom is 0.191 e. The van der Waals surface area contributed by atoms with E-state index in [1.165, 1.54) is 11.1 Å². The molecule has 0 aromatic heterocycles. The summed E-state index contributed by atoms with van der Waals surface area (Å²) in [5.41, 5.74) is 2.55. The van der Waals surface area contributed by atoms with Crippen LogP contribution >= 0.6 is 24.0 Å². The Morgan fingerprint density at radius 3 is 2.57 bits per heavy atom. The van der Waals surface area contributed by atoms with Crippen LogP contribution in [-0.2, 0) is 22.6 Å². The molecule has 7 heteroatoms. The fraction of sp³-hybridized carbons (Fsp3) is 0.667. The Morgan fingerprint density at radius 2 is 1.89 bits per heavy atom. The number of hydrogen-bond donors (Lipinski definition) is 2. The topological polar surface area (TPSA) is 58.1 Å². The second-order valence-corrected chi connectivity index (χ2v) is 7.61. The minimum absolute atomic E-state index is 0. The third-order valence-corrected chi connectivity index (χ3v) is 5.30. The van der Waals surface area contributed by atoms with Crippen LogP contribution in [0.3, 0.4) is 0 Å². The minimum atomic E-state index is -0.0789. The summed E-state index contributed by atoms with van der Waals surface area (Å²) < 4.78 is 11.3. The van der Waals surface area contributed by atoms with E-state index in [0.717, 1.165) is 71.3 Å². The number of rotatable bonds is 7. The van der Waals surface area contributed by atoms with Gasteiger partial charge in [0.05, 0.1) is 25.4 Å². The van der Waals surface area contributed by atoms with E-state index in [2.05, 4.69) is 53.6 Å². The van der Waals surface area contributed by atoms with Crippen LogP contribution in [0.25, 0.3) is 0 Å². The number of aliphatic imine (C=N–C) groups is 1. The number of nitrogens with one attached hydrogen (secondary N) is 2. The fourth-order valence-corrected chi connectivity index (χ4v) is 3.62. The van der Waals surface area contributed by atoms with Gasteiger partial charge in [-0.15, -0.1) is 24.0 Å². The molecule has 0 saturated carbocycles. The van der Waals surface area contributed by atoms with Crippen molar-refractivity contribution in [3.63, 3.8) is 0 Å². The maximum atomic E-state index is 5.87. The van der Waals surface area contributed by atoms with Crippen LogP contribution < -0.4 is 10.6 Å². The molecule has 0 radical (unpaired) electrons. The van der Waals surface area contributed by atoms with Gasteiger partial charge in [-0.1, -0.05) is 24.3 Å². The zero-order valence-electron chi connectivity index (χ0n) is 17.2. The summed E-state index contributed by atoms with van der Waals surface area (Å²) in [5, 5.41) is 6.81. The Morgan fingerprint density at radius 1 is 1.14 bits per heavy atom. The van der Waals surface area contributed by atoms with E-state index in [1.54, 1.807) is 0 Å². The smallest absolute Gasteiger partial charge is 0.191 e. The predicted molar refractivity (Wildman–Crippen MR) is 124 cm³/mol. The van der Waals surface area contributed by atoms with E-state index >= 15 is 0 Å². The molecule has 2 aliphatic heterocycles. The van der Waals surface area contributed by atoms with Crippen LogP contribution in [0.1, 0.15) is 37.8 Å². The number of hydrogen-bond acceptors (Lipinski definition) is 4. The molecule has 6 nitrogen and oxygen atoms in total. The molecule has 0 aliphatic carbocycles. The van der Waals surface area contributed by atoms with Crippen LogP contribution in [0.5, 0.6) is 0 Å². The van der Waals surface area contributed by atoms with Gasteiger partial charge >= 0.3 is 0 Å². The molecular formula is C21H35IN4O2. The fourth-order valence-electron chi connectivity index (χ4n) is 3.62. The molecule has 2 heterocycles. The third-order valence-electron chi connectivity index (χ3n) is 5.30. The number of nitrogens with zero attached hydrogens (tertiary/aromatic N) is 2. The van der Waals surface area contributed by atoms with E-state index in [0.29, 0.717) is 6.54 Å². The normalized spacial score (nSPS) is 23.3. The van der Waals surface area contributed by atoms with Gasteiger partial charge < -0.3 is 20.1 Å². The van der Waals surface area contributed by atoms with Gasteiger partial charge in [0, 0.05) is 39.3 Å². The van der Waals surface area contributed by atoms with Crippen molar-refractivity contribution in [2.75, 3.05) is 46.0 Å². The largest absolute Gasteiger partial charge is 0.379 e.